The lowest BCUT2D eigenvalue weighted by molar-refractivity contribution is -0.143. The molecule has 1 heterocycles. The van der Waals surface area contributed by atoms with Crippen LogP contribution in [0.3, 0.4) is 0 Å². The summed E-state index contributed by atoms with van der Waals surface area (Å²) < 4.78 is 10.1. The van der Waals surface area contributed by atoms with Crippen molar-refractivity contribution < 1.29 is 14.3 Å². The van der Waals surface area contributed by atoms with E-state index in [9.17, 15) is 4.79 Å². The molecule has 0 aromatic carbocycles. The van der Waals surface area contributed by atoms with Crippen LogP contribution in [0.1, 0.15) is 39.0 Å². The maximum Gasteiger partial charge on any atom is 0.305 e. The number of ether oxygens (including phenoxy) is 2. The quantitative estimate of drug-likeness (QED) is 0.469. The molecule has 1 unspecified atom stereocenters. The molecule has 0 amide bonds. The first-order chi connectivity index (χ1) is 6.33. The number of rotatable bonds is 6. The second-order valence-electron chi connectivity index (χ2n) is 3.33. The smallest absolute Gasteiger partial charge is 0.305 e. The summed E-state index contributed by atoms with van der Waals surface area (Å²) in [6, 6.07) is 0. The third-order valence-electron chi connectivity index (χ3n) is 2.26. The van der Waals surface area contributed by atoms with Crippen LogP contribution in [-0.4, -0.2) is 25.3 Å². The molecule has 1 saturated heterocycles. The first-order valence-electron chi connectivity index (χ1n) is 5.10. The monoisotopic (exact) mass is 186 g/mol. The topological polar surface area (TPSA) is 35.5 Å². The van der Waals surface area contributed by atoms with E-state index >= 15 is 0 Å². The Labute approximate surface area is 79.4 Å². The van der Waals surface area contributed by atoms with Crippen molar-refractivity contribution in [3.05, 3.63) is 0 Å². The first-order valence-corrected chi connectivity index (χ1v) is 5.10. The van der Waals surface area contributed by atoms with E-state index in [-0.39, 0.29) is 5.97 Å². The van der Waals surface area contributed by atoms with Gasteiger partial charge in [0, 0.05) is 13.0 Å². The van der Waals surface area contributed by atoms with Crippen LogP contribution >= 0.6 is 0 Å². The highest BCUT2D eigenvalue weighted by molar-refractivity contribution is 5.69. The third-order valence-corrected chi connectivity index (χ3v) is 2.26. The minimum absolute atomic E-state index is 0.0722. The minimum atomic E-state index is -0.0722. The summed E-state index contributed by atoms with van der Waals surface area (Å²) in [6.45, 7) is 3.24. The lowest BCUT2D eigenvalue weighted by Gasteiger charge is -2.26. The van der Waals surface area contributed by atoms with Crippen molar-refractivity contribution in [2.45, 2.75) is 45.1 Å². The molecule has 1 aliphatic heterocycles. The zero-order chi connectivity index (χ0) is 9.52. The van der Waals surface area contributed by atoms with Crippen molar-refractivity contribution in [3.63, 3.8) is 0 Å². The van der Waals surface area contributed by atoms with Gasteiger partial charge in [0.2, 0.25) is 0 Å². The van der Waals surface area contributed by atoms with Gasteiger partial charge in [-0.15, -0.1) is 0 Å². The molecule has 1 atom stereocenters. The molecule has 1 aliphatic rings. The number of esters is 1. The van der Waals surface area contributed by atoms with Gasteiger partial charge in [-0.1, -0.05) is 6.42 Å². The maximum absolute atomic E-state index is 10.9. The molecule has 0 saturated carbocycles. The standard InChI is InChI=1S/C10H18O3/c1-2-12-10(11)6-4-3-5-9-7-8-13-9/h9H,2-8H2,1H3. The van der Waals surface area contributed by atoms with Crippen LogP contribution in [0.2, 0.25) is 0 Å². The summed E-state index contributed by atoms with van der Waals surface area (Å²) in [7, 11) is 0. The normalized spacial score (nSPS) is 20.8. The van der Waals surface area contributed by atoms with Gasteiger partial charge < -0.3 is 9.47 Å². The molecular weight excluding hydrogens is 168 g/mol. The summed E-state index contributed by atoms with van der Waals surface area (Å²) in [5, 5.41) is 0. The van der Waals surface area contributed by atoms with Crippen LogP contribution in [0.4, 0.5) is 0 Å². The van der Waals surface area contributed by atoms with E-state index in [1.54, 1.807) is 0 Å². The Balaban J connectivity index is 1.85. The summed E-state index contributed by atoms with van der Waals surface area (Å²) in [6.07, 6.45) is 5.32. The zero-order valence-electron chi connectivity index (χ0n) is 8.25. The van der Waals surface area contributed by atoms with Gasteiger partial charge >= 0.3 is 5.97 Å². The van der Waals surface area contributed by atoms with Crippen LogP contribution in [0, 0.1) is 0 Å². The number of carbonyl (C=O) groups excluding carboxylic acids is 1. The second kappa shape index (κ2) is 5.97. The Morgan fingerprint density at radius 2 is 2.31 bits per heavy atom. The van der Waals surface area contributed by atoms with E-state index in [1.807, 2.05) is 6.92 Å². The molecule has 1 rings (SSSR count). The average Bonchev–Trinajstić information content (AvgIpc) is 2.01. The summed E-state index contributed by atoms with van der Waals surface area (Å²) in [4.78, 5) is 10.9. The van der Waals surface area contributed by atoms with Gasteiger partial charge in [-0.3, -0.25) is 4.79 Å². The fourth-order valence-electron chi connectivity index (χ4n) is 1.39. The summed E-state index contributed by atoms with van der Waals surface area (Å²) in [5.41, 5.74) is 0. The molecule has 3 heteroatoms. The third kappa shape index (κ3) is 4.27. The highest BCUT2D eigenvalue weighted by atomic mass is 16.5. The zero-order valence-corrected chi connectivity index (χ0v) is 8.25. The van der Waals surface area contributed by atoms with Crippen molar-refractivity contribution in [1.29, 1.82) is 0 Å². The van der Waals surface area contributed by atoms with Gasteiger partial charge in [0.15, 0.2) is 0 Å². The van der Waals surface area contributed by atoms with E-state index in [0.717, 1.165) is 25.9 Å². The first kappa shape index (κ1) is 10.5. The molecule has 0 aromatic rings. The highest BCUT2D eigenvalue weighted by Crippen LogP contribution is 2.17. The Morgan fingerprint density at radius 3 is 2.85 bits per heavy atom. The van der Waals surface area contributed by atoms with Crippen molar-refractivity contribution in [2.24, 2.45) is 0 Å². The molecule has 0 N–H and O–H groups in total. The maximum atomic E-state index is 10.9. The van der Waals surface area contributed by atoms with Gasteiger partial charge in [-0.05, 0) is 26.2 Å². The summed E-state index contributed by atoms with van der Waals surface area (Å²) in [5.74, 6) is -0.0722. The average molecular weight is 186 g/mol. The fourth-order valence-corrected chi connectivity index (χ4v) is 1.39. The van der Waals surface area contributed by atoms with Gasteiger partial charge in [0.05, 0.1) is 12.7 Å². The minimum Gasteiger partial charge on any atom is -0.466 e. The molecule has 0 radical (unpaired) electrons. The second-order valence-corrected chi connectivity index (χ2v) is 3.33. The van der Waals surface area contributed by atoms with E-state index in [0.29, 0.717) is 19.1 Å². The van der Waals surface area contributed by atoms with E-state index in [2.05, 4.69) is 0 Å². The Hall–Kier alpha value is -0.570. The molecular formula is C10H18O3. The highest BCUT2D eigenvalue weighted by Gasteiger charge is 2.17. The predicted molar refractivity (Wildman–Crippen MR) is 49.5 cm³/mol. The van der Waals surface area contributed by atoms with Gasteiger partial charge in [0.1, 0.15) is 0 Å². The molecule has 0 spiro atoms. The molecule has 76 valence electrons. The van der Waals surface area contributed by atoms with E-state index in [1.165, 1.54) is 6.42 Å². The van der Waals surface area contributed by atoms with Crippen LogP contribution in [0.5, 0.6) is 0 Å². The van der Waals surface area contributed by atoms with E-state index in [4.69, 9.17) is 9.47 Å². The van der Waals surface area contributed by atoms with Crippen LogP contribution in [0.25, 0.3) is 0 Å². The molecule has 13 heavy (non-hydrogen) atoms. The largest absolute Gasteiger partial charge is 0.466 e. The molecule has 0 bridgehead atoms. The SMILES string of the molecule is CCOC(=O)CCCCC1CCO1. The molecule has 3 nitrogen and oxygen atoms in total. The van der Waals surface area contributed by atoms with Crippen LogP contribution in [-0.2, 0) is 14.3 Å². The molecule has 0 aliphatic carbocycles. The molecule has 0 aromatic heterocycles. The summed E-state index contributed by atoms with van der Waals surface area (Å²) >= 11 is 0. The van der Waals surface area contributed by atoms with Crippen molar-refractivity contribution in [2.75, 3.05) is 13.2 Å². The van der Waals surface area contributed by atoms with Crippen LogP contribution < -0.4 is 0 Å². The number of unbranched alkanes of at least 4 members (excludes halogenated alkanes) is 1. The molecule has 1 fully saturated rings. The lowest BCUT2D eigenvalue weighted by atomic mass is 10.1. The van der Waals surface area contributed by atoms with Crippen LogP contribution in [0.15, 0.2) is 0 Å². The number of hydrogen-bond donors (Lipinski definition) is 0. The van der Waals surface area contributed by atoms with Crippen molar-refractivity contribution in [1.82, 2.24) is 0 Å². The van der Waals surface area contributed by atoms with E-state index < -0.39 is 0 Å². The number of carbonyl (C=O) groups is 1. The lowest BCUT2D eigenvalue weighted by Crippen LogP contribution is -2.26. The number of hydrogen-bond acceptors (Lipinski definition) is 3. The van der Waals surface area contributed by atoms with Gasteiger partial charge in [-0.2, -0.15) is 0 Å². The van der Waals surface area contributed by atoms with Gasteiger partial charge in [0.25, 0.3) is 0 Å². The Morgan fingerprint density at radius 1 is 1.54 bits per heavy atom. The van der Waals surface area contributed by atoms with Crippen molar-refractivity contribution >= 4 is 5.97 Å². The predicted octanol–water partition coefficient (Wildman–Crippen LogP) is 1.90. The fraction of sp³-hybridized carbons (Fsp3) is 0.900. The Kier molecular flexibility index (Phi) is 4.83. The van der Waals surface area contributed by atoms with Crippen molar-refractivity contribution in [3.8, 4) is 0 Å². The Bertz CT molecular complexity index is 152. The van der Waals surface area contributed by atoms with Gasteiger partial charge in [-0.25, -0.2) is 0 Å².